The standard InChI is InChI=1S/C18H33NO4Si/c1-11(23-24(5,6)18(2,3)4)14-15(19-17(14)22)13-9-7-8-12(10-20)16(13)21/h11-15,20H,7-10H2,1-6H3,(H,19,22)/t11-,12-,13-,14-,15-/m1/s1. The SMILES string of the molecule is C[C@@H](O[Si](C)(C)C(C)(C)C)[C@H]1C(=O)N[C@@H]1[C@H]1CCC[C@H](CO)C1=O. The van der Waals surface area contributed by atoms with Gasteiger partial charge in [-0.2, -0.15) is 0 Å². The molecule has 2 aliphatic rings. The van der Waals surface area contributed by atoms with Crippen molar-refractivity contribution in [3.63, 3.8) is 0 Å². The largest absolute Gasteiger partial charge is 0.413 e. The molecule has 2 rings (SSSR count). The molecule has 1 amide bonds. The number of nitrogens with one attached hydrogen (secondary N) is 1. The maximum absolute atomic E-state index is 12.6. The number of hydrogen-bond acceptors (Lipinski definition) is 4. The smallest absolute Gasteiger partial charge is 0.228 e. The van der Waals surface area contributed by atoms with E-state index in [0.29, 0.717) is 0 Å². The Kier molecular flexibility index (Phi) is 5.62. The van der Waals surface area contributed by atoms with E-state index in [9.17, 15) is 14.7 Å². The Morgan fingerprint density at radius 3 is 2.42 bits per heavy atom. The van der Waals surface area contributed by atoms with Gasteiger partial charge in [-0.05, 0) is 37.9 Å². The van der Waals surface area contributed by atoms with Crippen LogP contribution in [0.4, 0.5) is 0 Å². The summed E-state index contributed by atoms with van der Waals surface area (Å²) in [4.78, 5) is 24.7. The third-order valence-electron chi connectivity index (χ3n) is 6.28. The summed E-state index contributed by atoms with van der Waals surface area (Å²) in [5.74, 6) is -0.600. The number of β-lactam (4-membered cyclic amide) rings is 1. The highest BCUT2D eigenvalue weighted by Gasteiger charge is 2.52. The van der Waals surface area contributed by atoms with E-state index < -0.39 is 8.32 Å². The maximum atomic E-state index is 12.6. The second-order valence-electron chi connectivity index (χ2n) is 8.96. The molecule has 138 valence electrons. The first-order chi connectivity index (χ1) is 11.0. The van der Waals surface area contributed by atoms with Gasteiger partial charge in [0, 0.05) is 11.8 Å². The molecule has 1 aliphatic carbocycles. The van der Waals surface area contributed by atoms with Crippen LogP contribution in [-0.4, -0.2) is 43.9 Å². The number of ketones is 1. The Balaban J connectivity index is 2.09. The van der Waals surface area contributed by atoms with Crippen LogP contribution in [0.25, 0.3) is 0 Å². The molecule has 0 aromatic rings. The molecule has 5 nitrogen and oxygen atoms in total. The first kappa shape index (κ1) is 19.6. The van der Waals surface area contributed by atoms with E-state index in [4.69, 9.17) is 4.43 Å². The Morgan fingerprint density at radius 1 is 1.29 bits per heavy atom. The van der Waals surface area contributed by atoms with E-state index in [2.05, 4.69) is 39.2 Å². The fourth-order valence-electron chi connectivity index (χ4n) is 3.70. The average molecular weight is 356 g/mol. The number of Topliss-reactive ketones (excluding diaryl/α,β-unsaturated/α-hetero) is 1. The highest BCUT2D eigenvalue weighted by Crippen LogP contribution is 2.41. The summed E-state index contributed by atoms with van der Waals surface area (Å²) in [5, 5.41) is 12.4. The van der Waals surface area contributed by atoms with Gasteiger partial charge in [0.05, 0.1) is 24.7 Å². The van der Waals surface area contributed by atoms with Crippen LogP contribution in [0.15, 0.2) is 0 Å². The Labute approximate surface area is 146 Å². The summed E-state index contributed by atoms with van der Waals surface area (Å²) in [6.07, 6.45) is 2.29. The monoisotopic (exact) mass is 355 g/mol. The molecule has 0 spiro atoms. The van der Waals surface area contributed by atoms with Crippen molar-refractivity contribution in [3.8, 4) is 0 Å². The molecule has 1 saturated heterocycles. The highest BCUT2D eigenvalue weighted by molar-refractivity contribution is 6.74. The van der Waals surface area contributed by atoms with E-state index in [0.717, 1.165) is 19.3 Å². The lowest BCUT2D eigenvalue weighted by Crippen LogP contribution is -2.67. The lowest BCUT2D eigenvalue weighted by molar-refractivity contribution is -0.147. The first-order valence-electron chi connectivity index (χ1n) is 9.12. The van der Waals surface area contributed by atoms with Gasteiger partial charge >= 0.3 is 0 Å². The first-order valence-corrected chi connectivity index (χ1v) is 12.0. The van der Waals surface area contributed by atoms with Crippen LogP contribution in [0.5, 0.6) is 0 Å². The van der Waals surface area contributed by atoms with Crippen molar-refractivity contribution in [1.82, 2.24) is 5.32 Å². The van der Waals surface area contributed by atoms with Gasteiger partial charge in [0.15, 0.2) is 8.32 Å². The zero-order valence-electron chi connectivity index (χ0n) is 15.9. The highest BCUT2D eigenvalue weighted by atomic mass is 28.4. The lowest BCUT2D eigenvalue weighted by Gasteiger charge is -2.48. The van der Waals surface area contributed by atoms with Crippen LogP contribution < -0.4 is 5.32 Å². The zero-order valence-corrected chi connectivity index (χ0v) is 16.9. The van der Waals surface area contributed by atoms with Crippen LogP contribution in [0.1, 0.15) is 47.0 Å². The van der Waals surface area contributed by atoms with Gasteiger partial charge in [-0.15, -0.1) is 0 Å². The van der Waals surface area contributed by atoms with Crippen molar-refractivity contribution < 1.29 is 19.1 Å². The summed E-state index contributed by atoms with van der Waals surface area (Å²) in [6.45, 7) is 12.8. The van der Waals surface area contributed by atoms with Crippen LogP contribution in [0.3, 0.4) is 0 Å². The molecule has 6 heteroatoms. The summed E-state index contributed by atoms with van der Waals surface area (Å²) in [6, 6.07) is -0.140. The fraction of sp³-hybridized carbons (Fsp3) is 0.889. The van der Waals surface area contributed by atoms with Crippen molar-refractivity contribution in [2.24, 2.45) is 17.8 Å². The zero-order chi connectivity index (χ0) is 18.3. The molecule has 2 N–H and O–H groups in total. The van der Waals surface area contributed by atoms with E-state index in [-0.39, 0.29) is 53.2 Å². The molecule has 1 heterocycles. The molecule has 2 fully saturated rings. The molecule has 24 heavy (non-hydrogen) atoms. The average Bonchev–Trinajstić information content (AvgIpc) is 2.43. The molecule has 0 aromatic heterocycles. The molecule has 0 aromatic carbocycles. The Morgan fingerprint density at radius 2 is 1.92 bits per heavy atom. The van der Waals surface area contributed by atoms with E-state index in [1.807, 2.05) is 6.92 Å². The van der Waals surface area contributed by atoms with Gasteiger partial charge in [0.2, 0.25) is 5.91 Å². The molecule has 0 unspecified atom stereocenters. The summed E-state index contributed by atoms with van der Waals surface area (Å²) >= 11 is 0. The predicted octanol–water partition coefficient (Wildman–Crippen LogP) is 2.49. The molecule has 0 bridgehead atoms. The molecular formula is C18H33NO4Si. The Hall–Kier alpha value is -0.723. The van der Waals surface area contributed by atoms with Crippen molar-refractivity contribution in [2.45, 2.75) is 77.2 Å². The second kappa shape index (κ2) is 6.88. The lowest BCUT2D eigenvalue weighted by atomic mass is 9.69. The molecule has 1 saturated carbocycles. The third kappa shape index (κ3) is 3.60. The van der Waals surface area contributed by atoms with Crippen molar-refractivity contribution in [1.29, 1.82) is 0 Å². The minimum atomic E-state index is -1.96. The van der Waals surface area contributed by atoms with Crippen LogP contribution in [-0.2, 0) is 14.0 Å². The molecule has 5 atom stereocenters. The van der Waals surface area contributed by atoms with Gasteiger partial charge in [-0.25, -0.2) is 0 Å². The summed E-state index contributed by atoms with van der Waals surface area (Å²) < 4.78 is 6.40. The second-order valence-corrected chi connectivity index (χ2v) is 13.7. The number of hydrogen-bond donors (Lipinski definition) is 2. The number of rotatable bonds is 5. The van der Waals surface area contributed by atoms with E-state index in [1.165, 1.54) is 0 Å². The van der Waals surface area contributed by atoms with Crippen LogP contribution in [0, 0.1) is 17.8 Å². The van der Waals surface area contributed by atoms with Crippen LogP contribution >= 0.6 is 0 Å². The number of aliphatic hydroxyl groups excluding tert-OH is 1. The topological polar surface area (TPSA) is 75.6 Å². The minimum absolute atomic E-state index is 0.00914. The maximum Gasteiger partial charge on any atom is 0.228 e. The predicted molar refractivity (Wildman–Crippen MR) is 96.1 cm³/mol. The molecule has 0 radical (unpaired) electrons. The van der Waals surface area contributed by atoms with Gasteiger partial charge in [0.25, 0.3) is 0 Å². The van der Waals surface area contributed by atoms with Crippen molar-refractivity contribution in [3.05, 3.63) is 0 Å². The normalized spacial score (nSPS) is 33.0. The number of aliphatic hydroxyl groups is 1. The van der Waals surface area contributed by atoms with Gasteiger partial charge in [-0.3, -0.25) is 9.59 Å². The van der Waals surface area contributed by atoms with Crippen molar-refractivity contribution >= 4 is 20.0 Å². The molecular weight excluding hydrogens is 322 g/mol. The van der Waals surface area contributed by atoms with Crippen LogP contribution in [0.2, 0.25) is 18.1 Å². The number of carbonyl (C=O) groups excluding carboxylic acids is 2. The minimum Gasteiger partial charge on any atom is -0.413 e. The van der Waals surface area contributed by atoms with Crippen molar-refractivity contribution in [2.75, 3.05) is 6.61 Å². The van der Waals surface area contributed by atoms with E-state index in [1.54, 1.807) is 0 Å². The summed E-state index contributed by atoms with van der Waals surface area (Å²) in [5.41, 5.74) is 0. The van der Waals surface area contributed by atoms with Gasteiger partial charge in [-0.1, -0.05) is 27.2 Å². The third-order valence-corrected chi connectivity index (χ3v) is 10.9. The quantitative estimate of drug-likeness (QED) is 0.587. The summed E-state index contributed by atoms with van der Waals surface area (Å²) in [7, 11) is -1.96. The van der Waals surface area contributed by atoms with Gasteiger partial charge < -0.3 is 14.8 Å². The number of carbonyl (C=O) groups is 2. The van der Waals surface area contributed by atoms with Gasteiger partial charge in [0.1, 0.15) is 5.78 Å². The Bertz CT molecular complexity index is 500. The number of amides is 1. The molecule has 1 aliphatic heterocycles. The van der Waals surface area contributed by atoms with E-state index >= 15 is 0 Å². The fourth-order valence-corrected chi connectivity index (χ4v) is 5.13.